The van der Waals surface area contributed by atoms with E-state index in [4.69, 9.17) is 5.21 Å². The average Bonchev–Trinajstić information content (AvgIpc) is 2.27. The van der Waals surface area contributed by atoms with Crippen LogP contribution >= 0.6 is 0 Å². The molecule has 2 rings (SSSR count). The third-order valence-corrected chi connectivity index (χ3v) is 1.21. The lowest BCUT2D eigenvalue weighted by atomic mass is 10.4. The Kier molecular flexibility index (Phi) is 0.887. The quantitative estimate of drug-likeness (QED) is 0.533. The van der Waals surface area contributed by atoms with Gasteiger partial charge in [-0.1, -0.05) is 0 Å². The van der Waals surface area contributed by atoms with Crippen LogP contribution in [0.15, 0.2) is 18.5 Å². The van der Waals surface area contributed by atoms with Gasteiger partial charge in [0, 0.05) is 17.6 Å². The van der Waals surface area contributed by atoms with Crippen molar-refractivity contribution in [1.29, 1.82) is 0 Å². The second kappa shape index (κ2) is 1.70. The predicted molar refractivity (Wildman–Crippen MR) is 33.5 cm³/mol. The second-order valence-corrected chi connectivity index (χ2v) is 1.90. The van der Waals surface area contributed by atoms with Gasteiger partial charge in [0.2, 0.25) is 0 Å². The van der Waals surface area contributed by atoms with Gasteiger partial charge in [0.05, 0.1) is 6.20 Å². The molecule has 0 saturated heterocycles. The zero-order valence-electron chi connectivity index (χ0n) is 5.02. The molecule has 0 saturated carbocycles. The van der Waals surface area contributed by atoms with Crippen LogP contribution in [0, 0.1) is 6.07 Å². The molecule has 2 aromatic heterocycles. The summed E-state index contributed by atoms with van der Waals surface area (Å²) in [6.45, 7) is 0. The molecule has 2 aromatic rings. The number of rotatable bonds is 0. The van der Waals surface area contributed by atoms with Crippen molar-refractivity contribution in [2.24, 2.45) is 0 Å². The standard InChI is InChI=1S/C6H4N3O/c10-9-4-5-2-1-3-7-6(5)8-9/h2-4,10H. The van der Waals surface area contributed by atoms with E-state index in [9.17, 15) is 0 Å². The maximum atomic E-state index is 8.81. The molecule has 0 aromatic carbocycles. The Hall–Kier alpha value is -1.58. The largest absolute Gasteiger partial charge is 0.412 e. The SMILES string of the molecule is On1cc2c[c]cnc2n1. The monoisotopic (exact) mass is 134 g/mol. The van der Waals surface area contributed by atoms with Gasteiger partial charge in [0.25, 0.3) is 0 Å². The molecule has 0 amide bonds. The molecule has 0 aliphatic carbocycles. The summed E-state index contributed by atoms with van der Waals surface area (Å²) in [4.78, 5) is 4.60. The number of pyridine rings is 1. The van der Waals surface area contributed by atoms with Crippen LogP contribution in [-0.4, -0.2) is 20.1 Å². The molecule has 4 nitrogen and oxygen atoms in total. The summed E-state index contributed by atoms with van der Waals surface area (Å²) in [7, 11) is 0. The molecule has 1 N–H and O–H groups in total. The van der Waals surface area contributed by atoms with Crippen molar-refractivity contribution in [3.8, 4) is 0 Å². The highest BCUT2D eigenvalue weighted by molar-refractivity contribution is 5.72. The topological polar surface area (TPSA) is 50.9 Å². The Bertz CT molecular complexity index is 322. The van der Waals surface area contributed by atoms with Crippen LogP contribution in [0.1, 0.15) is 0 Å². The fourth-order valence-electron chi connectivity index (χ4n) is 0.793. The Morgan fingerprint density at radius 3 is 3.30 bits per heavy atom. The van der Waals surface area contributed by atoms with Gasteiger partial charge in [-0.05, 0) is 6.07 Å². The van der Waals surface area contributed by atoms with Crippen LogP contribution in [-0.2, 0) is 0 Å². The minimum Gasteiger partial charge on any atom is -0.412 e. The Morgan fingerprint density at radius 1 is 1.60 bits per heavy atom. The summed E-state index contributed by atoms with van der Waals surface area (Å²) in [5.41, 5.74) is 0.529. The van der Waals surface area contributed by atoms with E-state index in [-0.39, 0.29) is 0 Å². The molecule has 4 heteroatoms. The van der Waals surface area contributed by atoms with Crippen LogP contribution in [0.5, 0.6) is 0 Å². The van der Waals surface area contributed by atoms with Crippen molar-refractivity contribution in [3.05, 3.63) is 24.5 Å². The second-order valence-electron chi connectivity index (χ2n) is 1.90. The highest BCUT2D eigenvalue weighted by atomic mass is 16.5. The minimum absolute atomic E-state index is 0.529. The van der Waals surface area contributed by atoms with Gasteiger partial charge in [-0.3, -0.25) is 0 Å². The van der Waals surface area contributed by atoms with E-state index in [0.29, 0.717) is 5.65 Å². The van der Waals surface area contributed by atoms with Gasteiger partial charge >= 0.3 is 0 Å². The number of nitrogens with zero attached hydrogens (tertiary/aromatic N) is 3. The van der Waals surface area contributed by atoms with Gasteiger partial charge in [-0.15, -0.1) is 9.94 Å². The molecule has 49 valence electrons. The van der Waals surface area contributed by atoms with Gasteiger partial charge in [0.1, 0.15) is 0 Å². The number of hydrogen-bond donors (Lipinski definition) is 1. The molecule has 0 atom stereocenters. The zero-order chi connectivity index (χ0) is 6.97. The first-order valence-corrected chi connectivity index (χ1v) is 2.77. The predicted octanol–water partition coefficient (Wildman–Crippen LogP) is 0.469. The van der Waals surface area contributed by atoms with Crippen molar-refractivity contribution in [1.82, 2.24) is 14.9 Å². The molecule has 0 bridgehead atoms. The van der Waals surface area contributed by atoms with E-state index < -0.39 is 0 Å². The van der Waals surface area contributed by atoms with E-state index in [1.807, 2.05) is 0 Å². The highest BCUT2D eigenvalue weighted by Crippen LogP contribution is 2.05. The Balaban J connectivity index is 2.88. The van der Waals surface area contributed by atoms with E-state index in [1.165, 1.54) is 12.4 Å². The molecular weight excluding hydrogens is 130 g/mol. The highest BCUT2D eigenvalue weighted by Gasteiger charge is 1.96. The molecule has 10 heavy (non-hydrogen) atoms. The lowest BCUT2D eigenvalue weighted by Gasteiger charge is -1.79. The summed E-state index contributed by atoms with van der Waals surface area (Å²) >= 11 is 0. The maximum Gasteiger partial charge on any atom is 0.184 e. The fourth-order valence-corrected chi connectivity index (χ4v) is 0.793. The molecule has 0 aliphatic rings. The van der Waals surface area contributed by atoms with Crippen LogP contribution in [0.2, 0.25) is 0 Å². The van der Waals surface area contributed by atoms with Crippen molar-refractivity contribution < 1.29 is 5.21 Å². The van der Waals surface area contributed by atoms with Crippen LogP contribution in [0.4, 0.5) is 0 Å². The lowest BCUT2D eigenvalue weighted by Crippen LogP contribution is -1.87. The fraction of sp³-hybridized carbons (Fsp3) is 0. The van der Waals surface area contributed by atoms with Crippen LogP contribution in [0.3, 0.4) is 0 Å². The third-order valence-electron chi connectivity index (χ3n) is 1.21. The lowest BCUT2D eigenvalue weighted by molar-refractivity contribution is 0.151. The summed E-state index contributed by atoms with van der Waals surface area (Å²) in [5.74, 6) is 0. The minimum atomic E-state index is 0.529. The molecule has 1 radical (unpaired) electrons. The van der Waals surface area contributed by atoms with E-state index >= 15 is 0 Å². The Morgan fingerprint density at radius 2 is 2.50 bits per heavy atom. The summed E-state index contributed by atoms with van der Waals surface area (Å²) in [5, 5.41) is 13.2. The first-order valence-electron chi connectivity index (χ1n) is 2.77. The van der Waals surface area contributed by atoms with E-state index in [0.717, 1.165) is 10.2 Å². The maximum absolute atomic E-state index is 8.81. The van der Waals surface area contributed by atoms with Crippen molar-refractivity contribution >= 4 is 11.0 Å². The summed E-state index contributed by atoms with van der Waals surface area (Å²) < 4.78 is 0. The summed E-state index contributed by atoms with van der Waals surface area (Å²) in [6.07, 6.45) is 2.98. The van der Waals surface area contributed by atoms with Crippen molar-refractivity contribution in [2.45, 2.75) is 0 Å². The van der Waals surface area contributed by atoms with Crippen LogP contribution in [0.25, 0.3) is 11.0 Å². The van der Waals surface area contributed by atoms with Gasteiger partial charge in [-0.25, -0.2) is 4.98 Å². The van der Waals surface area contributed by atoms with Gasteiger partial charge in [0.15, 0.2) is 5.65 Å². The van der Waals surface area contributed by atoms with Crippen molar-refractivity contribution in [2.75, 3.05) is 0 Å². The van der Waals surface area contributed by atoms with Gasteiger partial charge in [-0.2, -0.15) is 0 Å². The molecule has 0 spiro atoms. The van der Waals surface area contributed by atoms with E-state index in [2.05, 4.69) is 16.1 Å². The van der Waals surface area contributed by atoms with E-state index in [1.54, 1.807) is 6.07 Å². The molecular formula is C6H4N3O. The van der Waals surface area contributed by atoms with Crippen molar-refractivity contribution in [3.63, 3.8) is 0 Å². The normalized spacial score (nSPS) is 10.4. The molecule has 0 fully saturated rings. The number of hydrogen-bond acceptors (Lipinski definition) is 3. The zero-order valence-corrected chi connectivity index (χ0v) is 5.02. The number of fused-ring (bicyclic) bond motifs is 1. The molecule has 0 aliphatic heterocycles. The molecule has 2 heterocycles. The number of aromatic nitrogens is 3. The molecule has 0 unspecified atom stereocenters. The smallest absolute Gasteiger partial charge is 0.184 e. The Labute approximate surface area is 56.7 Å². The summed E-state index contributed by atoms with van der Waals surface area (Å²) in [6, 6.07) is 4.48. The first kappa shape index (κ1) is 5.22. The van der Waals surface area contributed by atoms with Gasteiger partial charge < -0.3 is 5.21 Å². The first-order chi connectivity index (χ1) is 4.86. The van der Waals surface area contributed by atoms with Crippen LogP contribution < -0.4 is 0 Å². The third kappa shape index (κ3) is 0.621. The average molecular weight is 134 g/mol.